The molecule has 0 aliphatic heterocycles. The van der Waals surface area contributed by atoms with Gasteiger partial charge in [-0.3, -0.25) is 0 Å². The summed E-state index contributed by atoms with van der Waals surface area (Å²) >= 11 is 1.87. The highest BCUT2D eigenvalue weighted by Crippen LogP contribution is 2.45. The number of hydrogen-bond donors (Lipinski definition) is 0. The van der Waals surface area contributed by atoms with Crippen molar-refractivity contribution < 1.29 is 0 Å². The predicted octanol–water partition coefficient (Wildman–Crippen LogP) is 14.2. The molecule has 0 amide bonds. The van der Waals surface area contributed by atoms with Gasteiger partial charge in [0.05, 0.1) is 0 Å². The molecule has 1 aromatic heterocycles. The summed E-state index contributed by atoms with van der Waals surface area (Å²) in [6.45, 7) is 0. The summed E-state index contributed by atoms with van der Waals surface area (Å²) in [5.41, 5.74) is 10.0. The van der Waals surface area contributed by atoms with Crippen LogP contribution in [0.4, 0.5) is 0 Å². The number of fused-ring (bicyclic) bond motifs is 6. The largest absolute Gasteiger partial charge is 0.135 e. The fourth-order valence-corrected chi connectivity index (χ4v) is 8.89. The van der Waals surface area contributed by atoms with E-state index < -0.39 is 0 Å². The maximum absolute atomic E-state index is 2.38. The summed E-state index contributed by atoms with van der Waals surface area (Å²) < 4.78 is 2.67. The fourth-order valence-electron chi connectivity index (χ4n) is 7.80. The highest BCUT2D eigenvalue weighted by atomic mass is 32.1. The molecule has 10 aromatic rings. The van der Waals surface area contributed by atoms with Crippen LogP contribution in [0.2, 0.25) is 0 Å². The lowest BCUT2D eigenvalue weighted by Crippen LogP contribution is -1.91. The van der Waals surface area contributed by atoms with Crippen molar-refractivity contribution in [2.75, 3.05) is 0 Å². The summed E-state index contributed by atoms with van der Waals surface area (Å²) in [6, 6.07) is 67.0. The van der Waals surface area contributed by atoms with Gasteiger partial charge in [0.15, 0.2) is 0 Å². The molecule has 0 unspecified atom stereocenters. The van der Waals surface area contributed by atoms with Crippen LogP contribution < -0.4 is 0 Å². The monoisotopic (exact) mass is 638 g/mol. The van der Waals surface area contributed by atoms with Crippen LogP contribution in [0, 0.1) is 0 Å². The van der Waals surface area contributed by atoms with Gasteiger partial charge in [-0.1, -0.05) is 158 Å². The van der Waals surface area contributed by atoms with Crippen molar-refractivity contribution in [3.63, 3.8) is 0 Å². The zero-order valence-corrected chi connectivity index (χ0v) is 27.5. The lowest BCUT2D eigenvalue weighted by atomic mass is 9.85. The average Bonchev–Trinajstić information content (AvgIpc) is 3.55. The molecule has 0 aliphatic rings. The molecule has 0 saturated heterocycles. The van der Waals surface area contributed by atoms with E-state index in [1.165, 1.54) is 97.0 Å². The van der Waals surface area contributed by atoms with Crippen molar-refractivity contribution >= 4 is 63.8 Å². The molecular weight excluding hydrogens is 609 g/mol. The molecule has 0 nitrogen and oxygen atoms in total. The molecule has 228 valence electrons. The summed E-state index contributed by atoms with van der Waals surface area (Å²) in [4.78, 5) is 0. The summed E-state index contributed by atoms with van der Waals surface area (Å²) in [7, 11) is 0. The van der Waals surface area contributed by atoms with Gasteiger partial charge in [0.25, 0.3) is 0 Å². The van der Waals surface area contributed by atoms with Crippen LogP contribution >= 0.6 is 11.3 Å². The number of hydrogen-bond acceptors (Lipinski definition) is 1. The van der Waals surface area contributed by atoms with Gasteiger partial charge >= 0.3 is 0 Å². The molecule has 1 heteroatoms. The van der Waals surface area contributed by atoms with Crippen LogP contribution in [0.1, 0.15) is 0 Å². The normalized spacial score (nSPS) is 11.7. The Balaban J connectivity index is 1.14. The van der Waals surface area contributed by atoms with E-state index >= 15 is 0 Å². The fraction of sp³-hybridized carbons (Fsp3) is 0. The van der Waals surface area contributed by atoms with Gasteiger partial charge in [-0.05, 0) is 101 Å². The summed E-state index contributed by atoms with van der Waals surface area (Å²) in [6.07, 6.45) is 0. The molecular formula is C48H30S. The van der Waals surface area contributed by atoms with Crippen LogP contribution in [0.5, 0.6) is 0 Å². The topological polar surface area (TPSA) is 0 Å². The number of benzene rings is 9. The van der Waals surface area contributed by atoms with Crippen molar-refractivity contribution in [1.29, 1.82) is 0 Å². The third-order valence-corrected chi connectivity index (χ3v) is 11.2. The molecule has 0 atom stereocenters. The lowest BCUT2D eigenvalue weighted by molar-refractivity contribution is 1.62. The molecule has 0 aliphatic carbocycles. The molecule has 9 aromatic carbocycles. The van der Waals surface area contributed by atoms with Gasteiger partial charge in [-0.15, -0.1) is 11.3 Å². The summed E-state index contributed by atoms with van der Waals surface area (Å²) in [5, 5.41) is 10.3. The second-order valence-corrected chi connectivity index (χ2v) is 13.9. The minimum Gasteiger partial charge on any atom is -0.135 e. The van der Waals surface area contributed by atoms with E-state index in [4.69, 9.17) is 0 Å². The predicted molar refractivity (Wildman–Crippen MR) is 214 cm³/mol. The first-order chi connectivity index (χ1) is 24.3. The highest BCUT2D eigenvalue weighted by molar-refractivity contribution is 7.25. The van der Waals surface area contributed by atoms with Gasteiger partial charge in [0, 0.05) is 20.2 Å². The average molecular weight is 639 g/mol. The Labute approximate surface area is 289 Å². The van der Waals surface area contributed by atoms with Crippen LogP contribution in [-0.4, -0.2) is 0 Å². The van der Waals surface area contributed by atoms with E-state index in [9.17, 15) is 0 Å². The number of thiophene rings is 1. The lowest BCUT2D eigenvalue weighted by Gasteiger charge is -2.18. The molecule has 0 fully saturated rings. The maximum Gasteiger partial charge on any atom is 0.0355 e. The number of rotatable bonds is 4. The van der Waals surface area contributed by atoms with E-state index in [1.54, 1.807) is 0 Å². The molecule has 0 radical (unpaired) electrons. The van der Waals surface area contributed by atoms with Crippen molar-refractivity contribution in [2.24, 2.45) is 0 Å². The van der Waals surface area contributed by atoms with Crippen LogP contribution in [-0.2, 0) is 0 Å². The molecule has 0 bridgehead atoms. The Bertz CT molecular complexity index is 2810. The first-order valence-electron chi connectivity index (χ1n) is 16.8. The minimum atomic E-state index is 1.23. The van der Waals surface area contributed by atoms with Crippen molar-refractivity contribution in [1.82, 2.24) is 0 Å². The van der Waals surface area contributed by atoms with E-state index in [0.29, 0.717) is 0 Å². The molecule has 49 heavy (non-hydrogen) atoms. The van der Waals surface area contributed by atoms with Crippen LogP contribution in [0.3, 0.4) is 0 Å². The highest BCUT2D eigenvalue weighted by Gasteiger charge is 2.17. The Morgan fingerprint density at radius 1 is 0.265 bits per heavy atom. The second-order valence-electron chi connectivity index (χ2n) is 12.8. The third-order valence-electron chi connectivity index (χ3n) is 10.1. The van der Waals surface area contributed by atoms with Gasteiger partial charge in [0.1, 0.15) is 0 Å². The van der Waals surface area contributed by atoms with Crippen LogP contribution in [0.25, 0.3) is 97.0 Å². The Hall–Kier alpha value is -6.02. The quantitative estimate of drug-likeness (QED) is 0.168. The SMILES string of the molecule is c1cc(-c2ccc3sc4ccccc4c3c2)cc(-c2c3ccccc3c(-c3ccc(-c4cccc5ccccc45)cc3)c3ccccc23)c1. The molecule has 0 spiro atoms. The van der Waals surface area contributed by atoms with Gasteiger partial charge < -0.3 is 0 Å². The third kappa shape index (κ3) is 4.58. The maximum atomic E-state index is 2.38. The Morgan fingerprint density at radius 3 is 1.49 bits per heavy atom. The van der Waals surface area contributed by atoms with Crippen molar-refractivity contribution in [3.8, 4) is 44.5 Å². The first kappa shape index (κ1) is 28.0. The standard InChI is InChI=1S/C48H30S/c1-2-15-37-31(11-1)12-10-21-38(37)32-23-25-33(26-24-32)47-40-17-3-5-19-42(40)48(43-20-6-4-18-41(43)47)36-14-9-13-34(29-36)35-27-28-46-44(30-35)39-16-7-8-22-45(39)49-46/h1-30H. The minimum absolute atomic E-state index is 1.23. The molecule has 0 saturated carbocycles. The summed E-state index contributed by atoms with van der Waals surface area (Å²) in [5.74, 6) is 0. The first-order valence-corrected chi connectivity index (χ1v) is 17.7. The smallest absolute Gasteiger partial charge is 0.0355 e. The van der Waals surface area contributed by atoms with E-state index in [-0.39, 0.29) is 0 Å². The Morgan fingerprint density at radius 2 is 0.755 bits per heavy atom. The zero-order chi connectivity index (χ0) is 32.3. The van der Waals surface area contributed by atoms with Crippen molar-refractivity contribution in [2.45, 2.75) is 0 Å². The van der Waals surface area contributed by atoms with Gasteiger partial charge in [0.2, 0.25) is 0 Å². The van der Waals surface area contributed by atoms with Gasteiger partial charge in [-0.2, -0.15) is 0 Å². The molecule has 1 heterocycles. The Kier molecular flexibility index (Phi) is 6.47. The van der Waals surface area contributed by atoms with Crippen molar-refractivity contribution in [3.05, 3.63) is 182 Å². The molecule has 10 rings (SSSR count). The van der Waals surface area contributed by atoms with E-state index in [0.717, 1.165) is 0 Å². The van der Waals surface area contributed by atoms with Crippen LogP contribution in [0.15, 0.2) is 182 Å². The zero-order valence-electron chi connectivity index (χ0n) is 26.7. The van der Waals surface area contributed by atoms with E-state index in [1.807, 2.05) is 11.3 Å². The molecule has 0 N–H and O–H groups in total. The second kappa shape index (κ2) is 11.3. The van der Waals surface area contributed by atoms with E-state index in [2.05, 4.69) is 182 Å². The van der Waals surface area contributed by atoms with Gasteiger partial charge in [-0.25, -0.2) is 0 Å².